The molecular formula is C21H26N4O3. The molecule has 0 atom stereocenters. The topological polar surface area (TPSA) is 78.7 Å². The second kappa shape index (κ2) is 9.32. The Bertz CT molecular complexity index is 832. The minimum atomic E-state index is -0.448. The van der Waals surface area contributed by atoms with E-state index in [2.05, 4.69) is 46.3 Å². The number of anilines is 1. The van der Waals surface area contributed by atoms with E-state index < -0.39 is 4.92 Å². The predicted molar refractivity (Wildman–Crippen MR) is 110 cm³/mol. The maximum absolute atomic E-state index is 12.1. The lowest BCUT2D eigenvalue weighted by atomic mass is 10.1. The number of aryl methyl sites for hydroxylation is 1. The van der Waals surface area contributed by atoms with Gasteiger partial charge in [-0.25, -0.2) is 0 Å². The van der Waals surface area contributed by atoms with Gasteiger partial charge >= 0.3 is 0 Å². The molecule has 2 aromatic carbocycles. The summed E-state index contributed by atoms with van der Waals surface area (Å²) in [6.07, 6.45) is 0.0261. The van der Waals surface area contributed by atoms with E-state index in [1.54, 1.807) is 18.2 Å². The van der Waals surface area contributed by atoms with Crippen LogP contribution in [0.5, 0.6) is 0 Å². The number of benzene rings is 2. The molecule has 0 aromatic heterocycles. The van der Waals surface area contributed by atoms with Crippen molar-refractivity contribution in [1.29, 1.82) is 0 Å². The molecule has 148 valence electrons. The molecule has 1 aliphatic rings. The van der Waals surface area contributed by atoms with E-state index in [1.807, 2.05) is 0 Å². The Hall–Kier alpha value is -2.93. The molecule has 0 spiro atoms. The molecular weight excluding hydrogens is 356 g/mol. The molecule has 2 aromatic rings. The molecule has 0 radical (unpaired) electrons. The Morgan fingerprint density at radius 3 is 2.57 bits per heavy atom. The van der Waals surface area contributed by atoms with Crippen molar-refractivity contribution in [3.05, 3.63) is 69.8 Å². The fourth-order valence-corrected chi connectivity index (χ4v) is 3.48. The third-order valence-corrected chi connectivity index (χ3v) is 5.03. The summed E-state index contributed by atoms with van der Waals surface area (Å²) >= 11 is 0. The number of nitrogens with zero attached hydrogens (tertiary/aromatic N) is 3. The number of nitro benzene ring substituents is 1. The highest BCUT2D eigenvalue weighted by Crippen LogP contribution is 2.18. The lowest BCUT2D eigenvalue weighted by molar-refractivity contribution is -0.385. The standard InChI is InChI=1S/C21H26N4O3/c1-17-5-4-7-19(15-17)24-13-11-23(12-14-24)10-9-22-21(26)16-18-6-2-3-8-20(18)25(27)28/h2-8,15H,9-14,16H2,1H3,(H,22,26). The molecule has 1 aliphatic heterocycles. The first-order valence-electron chi connectivity index (χ1n) is 9.56. The van der Waals surface area contributed by atoms with Gasteiger partial charge in [0.15, 0.2) is 0 Å². The zero-order chi connectivity index (χ0) is 19.9. The van der Waals surface area contributed by atoms with Crippen LogP contribution in [-0.4, -0.2) is 55.0 Å². The number of para-hydroxylation sites is 1. The van der Waals surface area contributed by atoms with Crippen molar-refractivity contribution < 1.29 is 9.72 Å². The van der Waals surface area contributed by atoms with Crippen LogP contribution in [0.4, 0.5) is 11.4 Å². The van der Waals surface area contributed by atoms with Gasteiger partial charge in [-0.15, -0.1) is 0 Å². The highest BCUT2D eigenvalue weighted by molar-refractivity contribution is 5.79. The minimum absolute atomic E-state index is 0.00933. The largest absolute Gasteiger partial charge is 0.369 e. The number of carbonyl (C=O) groups is 1. The maximum Gasteiger partial charge on any atom is 0.273 e. The van der Waals surface area contributed by atoms with E-state index in [9.17, 15) is 14.9 Å². The molecule has 1 N–H and O–H groups in total. The molecule has 1 fully saturated rings. The smallest absolute Gasteiger partial charge is 0.273 e. The van der Waals surface area contributed by atoms with Crippen LogP contribution >= 0.6 is 0 Å². The normalized spacial score (nSPS) is 14.7. The SMILES string of the molecule is Cc1cccc(N2CCN(CCNC(=O)Cc3ccccc3[N+](=O)[O-])CC2)c1. The number of hydrogen-bond acceptors (Lipinski definition) is 5. The van der Waals surface area contributed by atoms with Crippen molar-refractivity contribution in [3.8, 4) is 0 Å². The van der Waals surface area contributed by atoms with Crippen LogP contribution in [0.15, 0.2) is 48.5 Å². The Kier molecular flexibility index (Phi) is 6.60. The highest BCUT2D eigenvalue weighted by Gasteiger charge is 2.18. The highest BCUT2D eigenvalue weighted by atomic mass is 16.6. The maximum atomic E-state index is 12.1. The van der Waals surface area contributed by atoms with Crippen LogP contribution in [0.3, 0.4) is 0 Å². The molecule has 1 amide bonds. The van der Waals surface area contributed by atoms with Gasteiger partial charge < -0.3 is 10.2 Å². The van der Waals surface area contributed by atoms with Gasteiger partial charge in [0, 0.05) is 56.6 Å². The monoisotopic (exact) mass is 382 g/mol. The summed E-state index contributed by atoms with van der Waals surface area (Å²) in [5.74, 6) is -0.187. The number of nitrogens with one attached hydrogen (secondary N) is 1. The summed E-state index contributed by atoms with van der Waals surface area (Å²) in [4.78, 5) is 27.4. The van der Waals surface area contributed by atoms with Gasteiger partial charge in [0.2, 0.25) is 5.91 Å². The number of carbonyl (C=O) groups excluding carboxylic acids is 1. The summed E-state index contributed by atoms with van der Waals surface area (Å²) in [5, 5.41) is 13.9. The van der Waals surface area contributed by atoms with Crippen molar-refractivity contribution in [2.75, 3.05) is 44.2 Å². The summed E-state index contributed by atoms with van der Waals surface area (Å²) in [5.41, 5.74) is 2.96. The third-order valence-electron chi connectivity index (χ3n) is 5.03. The van der Waals surface area contributed by atoms with E-state index in [0.717, 1.165) is 32.7 Å². The number of amides is 1. The van der Waals surface area contributed by atoms with Gasteiger partial charge in [0.25, 0.3) is 5.69 Å². The zero-order valence-electron chi connectivity index (χ0n) is 16.1. The molecule has 7 heteroatoms. The van der Waals surface area contributed by atoms with E-state index in [4.69, 9.17) is 0 Å². The fraction of sp³-hybridized carbons (Fsp3) is 0.381. The van der Waals surface area contributed by atoms with Gasteiger partial charge in [0.1, 0.15) is 0 Å². The Balaban J connectivity index is 1.40. The van der Waals surface area contributed by atoms with Gasteiger partial charge in [-0.1, -0.05) is 30.3 Å². The third kappa shape index (κ3) is 5.29. The van der Waals surface area contributed by atoms with Crippen LogP contribution in [0.25, 0.3) is 0 Å². The molecule has 28 heavy (non-hydrogen) atoms. The fourth-order valence-electron chi connectivity index (χ4n) is 3.48. The van der Waals surface area contributed by atoms with Gasteiger partial charge in [0.05, 0.1) is 11.3 Å². The summed E-state index contributed by atoms with van der Waals surface area (Å²) in [6.45, 7) is 7.27. The predicted octanol–water partition coefficient (Wildman–Crippen LogP) is 2.38. The van der Waals surface area contributed by atoms with Crippen LogP contribution in [0.1, 0.15) is 11.1 Å². The van der Waals surface area contributed by atoms with E-state index in [-0.39, 0.29) is 18.0 Å². The van der Waals surface area contributed by atoms with Gasteiger partial charge in [-0.3, -0.25) is 19.8 Å². The van der Waals surface area contributed by atoms with Crippen LogP contribution in [0, 0.1) is 17.0 Å². The molecule has 0 saturated carbocycles. The average molecular weight is 382 g/mol. The summed E-state index contributed by atoms with van der Waals surface area (Å²) in [7, 11) is 0. The molecule has 7 nitrogen and oxygen atoms in total. The molecule has 3 rings (SSSR count). The lowest BCUT2D eigenvalue weighted by Gasteiger charge is -2.36. The van der Waals surface area contributed by atoms with Gasteiger partial charge in [-0.2, -0.15) is 0 Å². The Labute approximate surface area is 165 Å². The molecule has 1 saturated heterocycles. The first-order chi connectivity index (χ1) is 13.5. The van der Waals surface area contributed by atoms with E-state index in [1.165, 1.54) is 17.3 Å². The number of piperazine rings is 1. The molecule has 0 aliphatic carbocycles. The van der Waals surface area contributed by atoms with Crippen molar-refractivity contribution >= 4 is 17.3 Å². The Morgan fingerprint density at radius 2 is 1.86 bits per heavy atom. The van der Waals surface area contributed by atoms with Crippen LogP contribution in [0.2, 0.25) is 0 Å². The van der Waals surface area contributed by atoms with Gasteiger partial charge in [-0.05, 0) is 24.6 Å². The van der Waals surface area contributed by atoms with E-state index >= 15 is 0 Å². The number of hydrogen-bond donors (Lipinski definition) is 1. The second-order valence-corrected chi connectivity index (χ2v) is 7.08. The molecule has 0 bridgehead atoms. The molecule has 1 heterocycles. The summed E-state index contributed by atoms with van der Waals surface area (Å²) < 4.78 is 0. The van der Waals surface area contributed by atoms with Crippen LogP contribution in [-0.2, 0) is 11.2 Å². The van der Waals surface area contributed by atoms with E-state index in [0.29, 0.717) is 12.1 Å². The quantitative estimate of drug-likeness (QED) is 0.588. The number of nitro groups is 1. The van der Waals surface area contributed by atoms with Crippen molar-refractivity contribution in [2.45, 2.75) is 13.3 Å². The number of rotatable bonds is 7. The summed E-state index contributed by atoms with van der Waals surface area (Å²) in [6, 6.07) is 14.9. The lowest BCUT2D eigenvalue weighted by Crippen LogP contribution is -2.48. The van der Waals surface area contributed by atoms with Crippen molar-refractivity contribution in [2.24, 2.45) is 0 Å². The minimum Gasteiger partial charge on any atom is -0.369 e. The van der Waals surface area contributed by atoms with Crippen molar-refractivity contribution in [1.82, 2.24) is 10.2 Å². The second-order valence-electron chi connectivity index (χ2n) is 7.08. The van der Waals surface area contributed by atoms with Crippen molar-refractivity contribution in [3.63, 3.8) is 0 Å². The zero-order valence-corrected chi connectivity index (χ0v) is 16.1. The van der Waals surface area contributed by atoms with Crippen LogP contribution < -0.4 is 10.2 Å². The molecule has 0 unspecified atom stereocenters. The average Bonchev–Trinajstić information content (AvgIpc) is 2.69. The first-order valence-corrected chi connectivity index (χ1v) is 9.56. The first kappa shape index (κ1) is 19.8. The Morgan fingerprint density at radius 1 is 1.11 bits per heavy atom.